The summed E-state index contributed by atoms with van der Waals surface area (Å²) >= 11 is 1.60. The highest BCUT2D eigenvalue weighted by molar-refractivity contribution is 8.00. The number of hydrogen-bond donors (Lipinski definition) is 2. The third kappa shape index (κ3) is 2.01. The van der Waals surface area contributed by atoms with Gasteiger partial charge in [-0.25, -0.2) is 4.98 Å². The lowest BCUT2D eigenvalue weighted by Gasteiger charge is -2.13. The van der Waals surface area contributed by atoms with Crippen molar-refractivity contribution in [2.24, 2.45) is 0 Å². The number of anilines is 1. The van der Waals surface area contributed by atoms with Crippen LogP contribution in [0.2, 0.25) is 0 Å². The van der Waals surface area contributed by atoms with Gasteiger partial charge in [0, 0.05) is 11.4 Å². The fourth-order valence-electron chi connectivity index (χ4n) is 1.69. The van der Waals surface area contributed by atoms with Crippen molar-refractivity contribution >= 4 is 17.4 Å². The van der Waals surface area contributed by atoms with Crippen LogP contribution in [-0.2, 0) is 0 Å². The van der Waals surface area contributed by atoms with Gasteiger partial charge < -0.3 is 10.8 Å². The van der Waals surface area contributed by atoms with Crippen LogP contribution in [0.1, 0.15) is 19.3 Å². The summed E-state index contributed by atoms with van der Waals surface area (Å²) in [6.07, 6.45) is 4.61. The molecule has 2 atom stereocenters. The highest BCUT2D eigenvalue weighted by Gasteiger charge is 2.26. The van der Waals surface area contributed by atoms with E-state index in [0.717, 1.165) is 24.3 Å². The number of nitrogens with two attached hydrogens (primary N) is 1. The molecule has 2 rings (SSSR count). The van der Waals surface area contributed by atoms with Gasteiger partial charge in [-0.05, 0) is 31.4 Å². The SMILES string of the molecule is Nc1cccnc1SC1CCCC1O. The van der Waals surface area contributed by atoms with Gasteiger partial charge in [-0.3, -0.25) is 0 Å². The molecule has 1 aromatic heterocycles. The van der Waals surface area contributed by atoms with Crippen molar-refractivity contribution in [2.45, 2.75) is 35.6 Å². The normalized spacial score (nSPS) is 26.6. The lowest BCUT2D eigenvalue weighted by atomic mass is 10.3. The van der Waals surface area contributed by atoms with E-state index in [2.05, 4.69) is 4.98 Å². The molecule has 0 aromatic carbocycles. The quantitative estimate of drug-likeness (QED) is 0.779. The fraction of sp³-hybridized carbons (Fsp3) is 0.500. The Morgan fingerprint density at radius 2 is 2.36 bits per heavy atom. The summed E-state index contributed by atoms with van der Waals surface area (Å²) < 4.78 is 0. The van der Waals surface area contributed by atoms with E-state index in [9.17, 15) is 5.11 Å². The van der Waals surface area contributed by atoms with Crippen LogP contribution < -0.4 is 5.73 Å². The van der Waals surface area contributed by atoms with Crippen molar-refractivity contribution in [1.29, 1.82) is 0 Å². The Balaban J connectivity index is 2.07. The summed E-state index contributed by atoms with van der Waals surface area (Å²) in [6.45, 7) is 0. The van der Waals surface area contributed by atoms with Gasteiger partial charge in [-0.2, -0.15) is 0 Å². The molecule has 76 valence electrons. The van der Waals surface area contributed by atoms with Gasteiger partial charge in [0.25, 0.3) is 0 Å². The van der Waals surface area contributed by atoms with E-state index in [-0.39, 0.29) is 11.4 Å². The molecule has 0 amide bonds. The van der Waals surface area contributed by atoms with Crippen molar-refractivity contribution < 1.29 is 5.11 Å². The Bertz CT molecular complexity index is 319. The number of aliphatic hydroxyl groups is 1. The summed E-state index contributed by atoms with van der Waals surface area (Å²) in [7, 11) is 0. The first kappa shape index (κ1) is 9.80. The fourth-order valence-corrected chi connectivity index (χ4v) is 2.88. The molecule has 2 unspecified atom stereocenters. The average molecular weight is 210 g/mol. The van der Waals surface area contributed by atoms with Gasteiger partial charge >= 0.3 is 0 Å². The standard InChI is InChI=1S/C10H14N2OS/c11-7-3-2-6-12-10(7)14-9-5-1-4-8(9)13/h2-3,6,8-9,13H,1,4-5,11H2. The maximum atomic E-state index is 9.65. The summed E-state index contributed by atoms with van der Waals surface area (Å²) in [4.78, 5) is 4.20. The number of nitrogens with zero attached hydrogens (tertiary/aromatic N) is 1. The van der Waals surface area contributed by atoms with Crippen molar-refractivity contribution in [1.82, 2.24) is 4.98 Å². The van der Waals surface area contributed by atoms with Crippen LogP contribution in [0.15, 0.2) is 23.4 Å². The minimum absolute atomic E-state index is 0.193. The van der Waals surface area contributed by atoms with Crippen molar-refractivity contribution in [3.8, 4) is 0 Å². The summed E-state index contributed by atoms with van der Waals surface area (Å²) in [5.74, 6) is 0. The first-order chi connectivity index (χ1) is 6.77. The van der Waals surface area contributed by atoms with Crippen LogP contribution >= 0.6 is 11.8 Å². The van der Waals surface area contributed by atoms with Crippen LogP contribution in [0.4, 0.5) is 5.69 Å². The molecule has 0 radical (unpaired) electrons. The van der Waals surface area contributed by atoms with E-state index in [0.29, 0.717) is 5.69 Å². The molecule has 3 nitrogen and oxygen atoms in total. The van der Waals surface area contributed by atoms with Gasteiger partial charge in [0.05, 0.1) is 11.8 Å². The number of nitrogen functional groups attached to an aromatic ring is 1. The maximum Gasteiger partial charge on any atom is 0.119 e. The van der Waals surface area contributed by atoms with Gasteiger partial charge in [0.15, 0.2) is 0 Å². The zero-order valence-electron chi connectivity index (χ0n) is 7.89. The number of pyridine rings is 1. The molecule has 1 heterocycles. The van der Waals surface area contributed by atoms with E-state index in [1.165, 1.54) is 0 Å². The van der Waals surface area contributed by atoms with Crippen LogP contribution in [0.3, 0.4) is 0 Å². The zero-order valence-corrected chi connectivity index (χ0v) is 8.70. The molecule has 1 aromatic rings. The third-order valence-corrected chi connectivity index (χ3v) is 3.90. The highest BCUT2D eigenvalue weighted by Crippen LogP contribution is 2.35. The smallest absolute Gasteiger partial charge is 0.119 e. The molecule has 1 saturated carbocycles. The van der Waals surface area contributed by atoms with Crippen LogP contribution in [0.25, 0.3) is 0 Å². The molecule has 0 aliphatic heterocycles. The lowest BCUT2D eigenvalue weighted by Crippen LogP contribution is -2.15. The van der Waals surface area contributed by atoms with E-state index >= 15 is 0 Å². The van der Waals surface area contributed by atoms with Crippen molar-refractivity contribution in [2.75, 3.05) is 5.73 Å². The van der Waals surface area contributed by atoms with Gasteiger partial charge in [-0.1, -0.05) is 11.8 Å². The molecule has 4 heteroatoms. The van der Waals surface area contributed by atoms with Crippen molar-refractivity contribution in [3.63, 3.8) is 0 Å². The monoisotopic (exact) mass is 210 g/mol. The molecule has 0 bridgehead atoms. The Morgan fingerprint density at radius 1 is 1.50 bits per heavy atom. The van der Waals surface area contributed by atoms with E-state index in [4.69, 9.17) is 5.73 Å². The van der Waals surface area contributed by atoms with Crippen LogP contribution in [0, 0.1) is 0 Å². The number of hydrogen-bond acceptors (Lipinski definition) is 4. The largest absolute Gasteiger partial charge is 0.397 e. The Kier molecular flexibility index (Phi) is 2.93. The third-order valence-electron chi connectivity index (χ3n) is 2.48. The first-order valence-electron chi connectivity index (χ1n) is 4.82. The Hall–Kier alpha value is -0.740. The summed E-state index contributed by atoms with van der Waals surface area (Å²) in [5, 5.41) is 10.8. The predicted molar refractivity (Wildman–Crippen MR) is 58.2 cm³/mol. The molecule has 0 saturated heterocycles. The lowest BCUT2D eigenvalue weighted by molar-refractivity contribution is 0.188. The summed E-state index contributed by atoms with van der Waals surface area (Å²) in [6, 6.07) is 3.67. The van der Waals surface area contributed by atoms with Gasteiger partial charge in [0.2, 0.25) is 0 Å². The number of rotatable bonds is 2. The minimum Gasteiger partial charge on any atom is -0.397 e. The molecular formula is C10H14N2OS. The first-order valence-corrected chi connectivity index (χ1v) is 5.70. The van der Waals surface area contributed by atoms with Crippen molar-refractivity contribution in [3.05, 3.63) is 18.3 Å². The van der Waals surface area contributed by atoms with Crippen LogP contribution in [-0.4, -0.2) is 21.4 Å². The molecule has 14 heavy (non-hydrogen) atoms. The second-order valence-corrected chi connectivity index (χ2v) is 4.78. The molecule has 3 N–H and O–H groups in total. The van der Waals surface area contributed by atoms with Gasteiger partial charge in [-0.15, -0.1) is 0 Å². The molecule has 1 aliphatic carbocycles. The average Bonchev–Trinajstić information content (AvgIpc) is 2.56. The number of aromatic nitrogens is 1. The van der Waals surface area contributed by atoms with Gasteiger partial charge in [0.1, 0.15) is 5.03 Å². The van der Waals surface area contributed by atoms with E-state index in [1.54, 1.807) is 18.0 Å². The molecule has 1 aliphatic rings. The minimum atomic E-state index is -0.193. The molecular weight excluding hydrogens is 196 g/mol. The van der Waals surface area contributed by atoms with Crippen LogP contribution in [0.5, 0.6) is 0 Å². The number of thioether (sulfide) groups is 1. The molecule has 0 spiro atoms. The predicted octanol–water partition coefficient (Wildman–Crippen LogP) is 1.67. The second kappa shape index (κ2) is 4.19. The summed E-state index contributed by atoms with van der Waals surface area (Å²) in [5.41, 5.74) is 6.48. The topological polar surface area (TPSA) is 59.1 Å². The second-order valence-electron chi connectivity index (χ2n) is 3.55. The molecule has 1 fully saturated rings. The maximum absolute atomic E-state index is 9.65. The highest BCUT2D eigenvalue weighted by atomic mass is 32.2. The Morgan fingerprint density at radius 3 is 3.00 bits per heavy atom. The Labute approximate surface area is 87.7 Å². The van der Waals surface area contributed by atoms with E-state index in [1.807, 2.05) is 12.1 Å². The zero-order chi connectivity index (χ0) is 9.97. The number of aliphatic hydroxyl groups excluding tert-OH is 1. The van der Waals surface area contributed by atoms with E-state index < -0.39 is 0 Å².